The molecule has 1 aromatic carbocycles. The van der Waals surface area contributed by atoms with Gasteiger partial charge in [-0.25, -0.2) is 9.78 Å². The quantitative estimate of drug-likeness (QED) is 0.258. The van der Waals surface area contributed by atoms with Crippen LogP contribution in [0.1, 0.15) is 100.0 Å². The van der Waals surface area contributed by atoms with Crippen LogP contribution in [-0.4, -0.2) is 51.3 Å². The summed E-state index contributed by atoms with van der Waals surface area (Å²) in [5.74, 6) is 0.0930. The highest BCUT2D eigenvalue weighted by Gasteiger charge is 2.67. The Morgan fingerprint density at radius 3 is 2.38 bits per heavy atom. The van der Waals surface area contributed by atoms with Crippen molar-refractivity contribution in [1.29, 1.82) is 0 Å². The standard InChI is InChI=1S/C34H38F6N2O6/c35-33(36,37)25-7-3-6-23-24(16-27(34(38,39)40)41-28(23)25)29(43)26-8-1-2-10-42(26)30(44)45-22-5-4-9-31(17-22)46-32(48-47-31)20-12-18-11-19(14-20)15-21(32)13-18/h3,6-7,16,18-22,26,29,43H,1-2,4-5,8-15,17H2/t18?,19?,20?,21?,22-,26?,29?,31-,32?/m1/s1. The molecule has 5 aliphatic carbocycles. The van der Waals surface area contributed by atoms with Crippen molar-refractivity contribution in [2.45, 2.75) is 119 Å². The van der Waals surface area contributed by atoms with E-state index >= 15 is 0 Å². The summed E-state index contributed by atoms with van der Waals surface area (Å²) in [4.78, 5) is 30.5. The number of ether oxygens (including phenoxy) is 2. The Kier molecular flexibility index (Phi) is 7.74. The minimum atomic E-state index is -5.08. The average Bonchev–Trinajstić information content (AvgIpc) is 3.40. The Labute approximate surface area is 273 Å². The summed E-state index contributed by atoms with van der Waals surface area (Å²) in [7, 11) is 0. The third-order valence-corrected chi connectivity index (χ3v) is 11.8. The zero-order valence-corrected chi connectivity index (χ0v) is 26.2. The van der Waals surface area contributed by atoms with Crippen LogP contribution in [0.2, 0.25) is 0 Å². The van der Waals surface area contributed by atoms with Crippen molar-refractivity contribution in [3.05, 3.63) is 41.1 Å². The number of carbonyl (C=O) groups is 1. The Hall–Kier alpha value is -2.68. The number of para-hydroxylation sites is 1. The van der Waals surface area contributed by atoms with Crippen LogP contribution in [0.5, 0.6) is 0 Å². The van der Waals surface area contributed by atoms with E-state index in [1.54, 1.807) is 0 Å². The number of benzene rings is 1. The lowest BCUT2D eigenvalue weighted by Gasteiger charge is -2.57. The maximum atomic E-state index is 13.9. The van der Waals surface area contributed by atoms with E-state index in [0.29, 0.717) is 56.1 Å². The first kappa shape index (κ1) is 32.5. The van der Waals surface area contributed by atoms with E-state index < -0.39 is 65.0 Å². The van der Waals surface area contributed by atoms with E-state index in [-0.39, 0.29) is 42.2 Å². The number of amides is 1. The van der Waals surface area contributed by atoms with Crippen LogP contribution in [0.4, 0.5) is 31.1 Å². The molecule has 14 heteroatoms. The van der Waals surface area contributed by atoms with Gasteiger partial charge in [-0.1, -0.05) is 12.1 Å². The van der Waals surface area contributed by atoms with Crippen molar-refractivity contribution in [2.75, 3.05) is 6.54 Å². The smallest absolute Gasteiger partial charge is 0.433 e. The maximum Gasteiger partial charge on any atom is 0.433 e. The van der Waals surface area contributed by atoms with Crippen LogP contribution in [0, 0.1) is 23.7 Å². The molecule has 1 aromatic heterocycles. The molecule has 1 amide bonds. The second-order valence-corrected chi connectivity index (χ2v) is 14.8. The number of aliphatic hydroxyl groups is 1. The van der Waals surface area contributed by atoms with Crippen LogP contribution in [0.25, 0.3) is 10.9 Å². The number of alkyl halides is 6. The molecular weight excluding hydrogens is 646 g/mol. The van der Waals surface area contributed by atoms with Crippen LogP contribution in [0.15, 0.2) is 24.3 Å². The SMILES string of the molecule is O=C(O[C@@H]1CCC[C@]2(C1)OOC1(O2)C2CC3CC(C2)CC1C3)N1CCCCC1C(O)c1cc(C(F)(F)F)nc2c(C(F)(F)F)cccc12. The van der Waals surface area contributed by atoms with E-state index in [1.165, 1.54) is 17.4 Å². The molecule has 2 unspecified atom stereocenters. The molecule has 1 N–H and O–H groups in total. The fraction of sp³-hybridized carbons (Fsp3) is 0.706. The Bertz CT molecular complexity index is 1560. The first-order chi connectivity index (χ1) is 22.7. The number of piperidine rings is 1. The minimum Gasteiger partial charge on any atom is -0.446 e. The van der Waals surface area contributed by atoms with Gasteiger partial charge in [-0.2, -0.15) is 36.1 Å². The summed E-state index contributed by atoms with van der Waals surface area (Å²) in [5.41, 5.74) is -4.21. The van der Waals surface area contributed by atoms with Gasteiger partial charge in [0, 0.05) is 36.6 Å². The fourth-order valence-corrected chi connectivity index (χ4v) is 9.85. The number of aliphatic hydroxyl groups excluding tert-OH is 1. The number of hydrogen-bond acceptors (Lipinski definition) is 7. The van der Waals surface area contributed by atoms with Crippen LogP contribution in [-0.2, 0) is 31.6 Å². The monoisotopic (exact) mass is 684 g/mol. The molecule has 48 heavy (non-hydrogen) atoms. The van der Waals surface area contributed by atoms with Gasteiger partial charge >= 0.3 is 18.4 Å². The highest BCUT2D eigenvalue weighted by atomic mass is 19.4. The minimum absolute atomic E-state index is 0.159. The summed E-state index contributed by atoms with van der Waals surface area (Å²) in [6, 6.07) is 2.45. The third kappa shape index (κ3) is 5.45. The molecule has 2 saturated heterocycles. The number of likely N-dealkylation sites (tertiary alicyclic amines) is 1. The molecule has 0 radical (unpaired) electrons. The first-order valence-corrected chi connectivity index (χ1v) is 17.0. The number of halogens is 6. The van der Waals surface area contributed by atoms with E-state index in [2.05, 4.69) is 4.98 Å². The molecule has 4 atom stereocenters. The van der Waals surface area contributed by atoms with Crippen LogP contribution < -0.4 is 0 Å². The van der Waals surface area contributed by atoms with E-state index in [9.17, 15) is 36.2 Å². The Morgan fingerprint density at radius 2 is 1.69 bits per heavy atom. The maximum absolute atomic E-state index is 13.9. The topological polar surface area (TPSA) is 90.4 Å². The van der Waals surface area contributed by atoms with Gasteiger partial charge in [-0.3, -0.25) is 0 Å². The number of pyridine rings is 1. The van der Waals surface area contributed by atoms with Crippen molar-refractivity contribution in [1.82, 2.24) is 9.88 Å². The lowest BCUT2D eigenvalue weighted by Crippen LogP contribution is -2.59. The predicted octanol–water partition coefficient (Wildman–Crippen LogP) is 8.07. The average molecular weight is 685 g/mol. The lowest BCUT2D eigenvalue weighted by atomic mass is 9.53. The first-order valence-electron chi connectivity index (χ1n) is 17.0. The van der Waals surface area contributed by atoms with Gasteiger partial charge < -0.3 is 19.5 Å². The second-order valence-electron chi connectivity index (χ2n) is 14.8. The van der Waals surface area contributed by atoms with Gasteiger partial charge in [-0.05, 0) is 93.7 Å². The third-order valence-electron chi connectivity index (χ3n) is 11.8. The fourth-order valence-electron chi connectivity index (χ4n) is 9.85. The highest BCUT2D eigenvalue weighted by molar-refractivity contribution is 5.86. The highest BCUT2D eigenvalue weighted by Crippen LogP contribution is 2.64. The molecule has 2 aromatic rings. The molecule has 2 spiro atoms. The van der Waals surface area contributed by atoms with Crippen molar-refractivity contribution < 1.29 is 55.5 Å². The molecule has 3 heterocycles. The number of fused-ring (bicyclic) bond motifs is 1. The number of hydrogen-bond donors (Lipinski definition) is 1. The molecular formula is C34H38F6N2O6. The lowest BCUT2D eigenvalue weighted by molar-refractivity contribution is -0.390. The van der Waals surface area contributed by atoms with Crippen molar-refractivity contribution in [3.8, 4) is 0 Å². The summed E-state index contributed by atoms with van der Waals surface area (Å²) >= 11 is 0. The van der Waals surface area contributed by atoms with E-state index in [1.807, 2.05) is 0 Å². The molecule has 8 nitrogen and oxygen atoms in total. The van der Waals surface area contributed by atoms with Gasteiger partial charge in [0.1, 0.15) is 17.9 Å². The number of nitrogens with zero attached hydrogens (tertiary/aromatic N) is 2. The molecule has 262 valence electrons. The van der Waals surface area contributed by atoms with Crippen LogP contribution in [0.3, 0.4) is 0 Å². The summed E-state index contributed by atoms with van der Waals surface area (Å²) in [6.07, 6.45) is -4.34. The number of aromatic nitrogens is 1. The van der Waals surface area contributed by atoms with Gasteiger partial charge in [0.25, 0.3) is 0 Å². The van der Waals surface area contributed by atoms with Gasteiger partial charge in [0.2, 0.25) is 11.6 Å². The predicted molar refractivity (Wildman–Crippen MR) is 156 cm³/mol. The normalized spacial score (nSPS) is 37.1. The number of carbonyl (C=O) groups excluding carboxylic acids is 1. The zero-order chi connectivity index (χ0) is 33.6. The van der Waals surface area contributed by atoms with E-state index in [0.717, 1.165) is 31.7 Å². The van der Waals surface area contributed by atoms with Crippen molar-refractivity contribution in [2.24, 2.45) is 23.7 Å². The second kappa shape index (κ2) is 11.4. The largest absolute Gasteiger partial charge is 0.446 e. The summed E-state index contributed by atoms with van der Waals surface area (Å²) < 4.78 is 95.9. The van der Waals surface area contributed by atoms with Gasteiger partial charge in [0.05, 0.1) is 17.1 Å². The van der Waals surface area contributed by atoms with Gasteiger partial charge in [-0.15, -0.1) is 0 Å². The Balaban J connectivity index is 1.02. The van der Waals surface area contributed by atoms with Crippen LogP contribution >= 0.6 is 0 Å². The molecule has 4 bridgehead atoms. The van der Waals surface area contributed by atoms with Crippen molar-refractivity contribution >= 4 is 17.0 Å². The molecule has 7 aliphatic rings. The van der Waals surface area contributed by atoms with Gasteiger partial charge in [0.15, 0.2) is 0 Å². The zero-order valence-electron chi connectivity index (χ0n) is 26.2. The van der Waals surface area contributed by atoms with Crippen molar-refractivity contribution in [3.63, 3.8) is 0 Å². The molecule has 2 aliphatic heterocycles. The molecule has 9 rings (SSSR count). The summed E-state index contributed by atoms with van der Waals surface area (Å²) in [5, 5.41) is 11.3. The number of rotatable bonds is 3. The molecule has 5 saturated carbocycles. The summed E-state index contributed by atoms with van der Waals surface area (Å²) in [6.45, 7) is 0.159. The molecule has 7 fully saturated rings. The van der Waals surface area contributed by atoms with E-state index in [4.69, 9.17) is 19.2 Å². The Morgan fingerprint density at radius 1 is 0.958 bits per heavy atom.